The molecular formula is C12H13F2NO2. The van der Waals surface area contributed by atoms with Crippen molar-refractivity contribution in [2.75, 3.05) is 12.3 Å². The van der Waals surface area contributed by atoms with E-state index in [1.807, 2.05) is 0 Å². The smallest absolute Gasteiger partial charge is 0.309 e. The van der Waals surface area contributed by atoms with E-state index >= 15 is 0 Å². The van der Waals surface area contributed by atoms with Gasteiger partial charge in [0, 0.05) is 5.56 Å². The molecule has 0 atom stereocenters. The molecule has 0 heterocycles. The van der Waals surface area contributed by atoms with Crippen molar-refractivity contribution in [3.05, 3.63) is 35.4 Å². The number of ether oxygens (including phenoxy) is 1. The highest BCUT2D eigenvalue weighted by Gasteiger charge is 2.09. The number of nitrogen functional groups attached to an aromatic ring is 1. The standard InChI is InChI=1S/C12H13F2NO2/c1-2-17-11(16)5-3-4-8-9(13)6-7-10(15)12(8)14/h3-4,6-7H,2,5,15H2,1H3. The summed E-state index contributed by atoms with van der Waals surface area (Å²) < 4.78 is 31.3. The Kier molecular flexibility index (Phi) is 4.63. The molecule has 0 radical (unpaired) electrons. The molecule has 5 heteroatoms. The molecule has 0 saturated carbocycles. The number of esters is 1. The highest BCUT2D eigenvalue weighted by molar-refractivity contribution is 5.73. The molecule has 0 aromatic heterocycles. The van der Waals surface area contributed by atoms with Crippen molar-refractivity contribution < 1.29 is 18.3 Å². The first-order valence-corrected chi connectivity index (χ1v) is 5.12. The SMILES string of the molecule is CCOC(=O)CC=Cc1c(F)ccc(N)c1F. The maximum atomic E-state index is 13.4. The van der Waals surface area contributed by atoms with E-state index in [-0.39, 0.29) is 24.3 Å². The van der Waals surface area contributed by atoms with Gasteiger partial charge in [0.1, 0.15) is 5.82 Å². The van der Waals surface area contributed by atoms with Crippen LogP contribution in [0.4, 0.5) is 14.5 Å². The molecule has 0 spiro atoms. The molecule has 3 nitrogen and oxygen atoms in total. The zero-order valence-corrected chi connectivity index (χ0v) is 9.37. The van der Waals surface area contributed by atoms with E-state index in [0.29, 0.717) is 0 Å². The molecule has 0 aliphatic heterocycles. The lowest BCUT2D eigenvalue weighted by molar-refractivity contribution is -0.142. The minimum absolute atomic E-state index is 0.0402. The third kappa shape index (κ3) is 3.55. The Hall–Kier alpha value is -1.91. The third-order valence-electron chi connectivity index (χ3n) is 2.03. The predicted molar refractivity (Wildman–Crippen MR) is 61.1 cm³/mol. The first-order chi connectivity index (χ1) is 8.06. The van der Waals surface area contributed by atoms with Crippen LogP contribution in [-0.4, -0.2) is 12.6 Å². The Morgan fingerprint density at radius 1 is 1.47 bits per heavy atom. The van der Waals surface area contributed by atoms with Crippen LogP contribution in [0.5, 0.6) is 0 Å². The highest BCUT2D eigenvalue weighted by Crippen LogP contribution is 2.19. The summed E-state index contributed by atoms with van der Waals surface area (Å²) in [7, 11) is 0. The summed E-state index contributed by atoms with van der Waals surface area (Å²) in [5.74, 6) is -2.00. The van der Waals surface area contributed by atoms with Gasteiger partial charge in [-0.25, -0.2) is 8.78 Å². The molecule has 2 N–H and O–H groups in total. The van der Waals surface area contributed by atoms with Gasteiger partial charge in [0.2, 0.25) is 0 Å². The molecule has 0 fully saturated rings. The van der Waals surface area contributed by atoms with Gasteiger partial charge >= 0.3 is 5.97 Å². The Balaban J connectivity index is 2.78. The summed E-state index contributed by atoms with van der Waals surface area (Å²) in [5, 5.41) is 0. The van der Waals surface area contributed by atoms with E-state index in [2.05, 4.69) is 4.74 Å². The lowest BCUT2D eigenvalue weighted by Gasteiger charge is -2.02. The monoisotopic (exact) mass is 241 g/mol. The van der Waals surface area contributed by atoms with Gasteiger partial charge in [0.05, 0.1) is 18.7 Å². The van der Waals surface area contributed by atoms with Crippen LogP contribution >= 0.6 is 0 Å². The van der Waals surface area contributed by atoms with Gasteiger partial charge in [-0.1, -0.05) is 12.2 Å². The molecule has 0 bridgehead atoms. The number of benzene rings is 1. The Labute approximate surface area is 97.9 Å². The number of halogens is 2. The zero-order valence-electron chi connectivity index (χ0n) is 9.37. The first kappa shape index (κ1) is 13.2. The molecule has 17 heavy (non-hydrogen) atoms. The molecule has 0 aliphatic rings. The second-order valence-corrected chi connectivity index (χ2v) is 3.28. The third-order valence-corrected chi connectivity index (χ3v) is 2.03. The Morgan fingerprint density at radius 2 is 2.18 bits per heavy atom. The normalized spacial score (nSPS) is 10.8. The summed E-state index contributed by atoms with van der Waals surface area (Å²) in [6.07, 6.45) is 2.47. The van der Waals surface area contributed by atoms with Gasteiger partial charge in [-0.05, 0) is 19.1 Å². The van der Waals surface area contributed by atoms with Crippen LogP contribution in [0, 0.1) is 11.6 Å². The first-order valence-electron chi connectivity index (χ1n) is 5.12. The summed E-state index contributed by atoms with van der Waals surface area (Å²) in [5.41, 5.74) is 4.91. The van der Waals surface area contributed by atoms with Crippen molar-refractivity contribution in [1.82, 2.24) is 0 Å². The van der Waals surface area contributed by atoms with Crippen LogP contribution in [0.2, 0.25) is 0 Å². The van der Waals surface area contributed by atoms with Crippen molar-refractivity contribution in [2.24, 2.45) is 0 Å². The van der Waals surface area contributed by atoms with E-state index in [1.165, 1.54) is 12.2 Å². The fourth-order valence-electron chi connectivity index (χ4n) is 1.23. The number of rotatable bonds is 4. The van der Waals surface area contributed by atoms with Crippen molar-refractivity contribution >= 4 is 17.7 Å². The molecule has 1 aromatic rings. The lowest BCUT2D eigenvalue weighted by atomic mass is 10.1. The van der Waals surface area contributed by atoms with Gasteiger partial charge in [-0.2, -0.15) is 0 Å². The number of hydrogen-bond donors (Lipinski definition) is 1. The molecule has 0 amide bonds. The van der Waals surface area contributed by atoms with Crippen molar-refractivity contribution in [1.29, 1.82) is 0 Å². The van der Waals surface area contributed by atoms with Crippen LogP contribution in [0.25, 0.3) is 6.08 Å². The average Bonchev–Trinajstić information content (AvgIpc) is 2.29. The van der Waals surface area contributed by atoms with Gasteiger partial charge in [0.25, 0.3) is 0 Å². The van der Waals surface area contributed by atoms with Crippen molar-refractivity contribution in [2.45, 2.75) is 13.3 Å². The van der Waals surface area contributed by atoms with Gasteiger partial charge in [0.15, 0.2) is 5.82 Å². The number of carbonyl (C=O) groups is 1. The van der Waals surface area contributed by atoms with Gasteiger partial charge in [-0.15, -0.1) is 0 Å². The molecule has 1 aromatic carbocycles. The summed E-state index contributed by atoms with van der Waals surface area (Å²) in [6, 6.07) is 2.22. The average molecular weight is 241 g/mol. The van der Waals surface area contributed by atoms with Crippen molar-refractivity contribution in [3.63, 3.8) is 0 Å². The molecule has 0 unspecified atom stereocenters. The van der Waals surface area contributed by atoms with Crippen LogP contribution < -0.4 is 5.73 Å². The minimum atomic E-state index is -0.829. The van der Waals surface area contributed by atoms with Crippen LogP contribution in [0.3, 0.4) is 0 Å². The van der Waals surface area contributed by atoms with E-state index in [1.54, 1.807) is 6.92 Å². The number of nitrogens with two attached hydrogens (primary N) is 1. The fraction of sp³-hybridized carbons (Fsp3) is 0.250. The highest BCUT2D eigenvalue weighted by atomic mass is 19.1. The largest absolute Gasteiger partial charge is 0.466 e. The maximum absolute atomic E-state index is 13.4. The predicted octanol–water partition coefficient (Wildman–Crippen LogP) is 2.51. The number of carbonyl (C=O) groups excluding carboxylic acids is 1. The molecule has 0 aliphatic carbocycles. The van der Waals surface area contributed by atoms with E-state index in [0.717, 1.165) is 12.1 Å². The summed E-state index contributed by atoms with van der Waals surface area (Å²) in [6.45, 7) is 1.95. The Morgan fingerprint density at radius 3 is 2.82 bits per heavy atom. The number of hydrogen-bond acceptors (Lipinski definition) is 3. The van der Waals surface area contributed by atoms with Gasteiger partial charge < -0.3 is 10.5 Å². The van der Waals surface area contributed by atoms with Crippen LogP contribution in [0.1, 0.15) is 18.9 Å². The minimum Gasteiger partial charge on any atom is -0.466 e. The molecule has 1 rings (SSSR count). The maximum Gasteiger partial charge on any atom is 0.309 e. The van der Waals surface area contributed by atoms with Crippen molar-refractivity contribution in [3.8, 4) is 0 Å². The van der Waals surface area contributed by atoms with Gasteiger partial charge in [-0.3, -0.25) is 4.79 Å². The van der Waals surface area contributed by atoms with Crippen LogP contribution in [-0.2, 0) is 9.53 Å². The van der Waals surface area contributed by atoms with E-state index in [9.17, 15) is 13.6 Å². The zero-order chi connectivity index (χ0) is 12.8. The topological polar surface area (TPSA) is 52.3 Å². The second-order valence-electron chi connectivity index (χ2n) is 3.28. The van der Waals surface area contributed by atoms with E-state index in [4.69, 9.17) is 5.73 Å². The molecular weight excluding hydrogens is 228 g/mol. The quantitative estimate of drug-likeness (QED) is 0.651. The summed E-state index contributed by atoms with van der Waals surface area (Å²) >= 11 is 0. The fourth-order valence-corrected chi connectivity index (χ4v) is 1.23. The van der Waals surface area contributed by atoms with E-state index < -0.39 is 17.6 Å². The molecule has 0 saturated heterocycles. The molecule has 92 valence electrons. The summed E-state index contributed by atoms with van der Waals surface area (Å²) in [4.78, 5) is 11.0. The second kappa shape index (κ2) is 5.98. The van der Waals surface area contributed by atoms with Crippen LogP contribution in [0.15, 0.2) is 18.2 Å². The number of anilines is 1. The Bertz CT molecular complexity index is 444. The lowest BCUT2D eigenvalue weighted by Crippen LogP contribution is -2.01.